The summed E-state index contributed by atoms with van der Waals surface area (Å²) in [6.07, 6.45) is 3.75. The minimum Gasteiger partial charge on any atom is -0.495 e. The fourth-order valence-electron chi connectivity index (χ4n) is 2.13. The number of fused-ring (bicyclic) bond motifs is 1. The van der Waals surface area contributed by atoms with Gasteiger partial charge in [0.15, 0.2) is 0 Å². The number of ether oxygens (including phenoxy) is 1. The number of anilines is 1. The molecule has 0 spiro atoms. The molecular weight excluding hydrogens is 274 g/mol. The van der Waals surface area contributed by atoms with E-state index >= 15 is 0 Å². The zero-order chi connectivity index (χ0) is 13.9. The second kappa shape index (κ2) is 5.43. The monoisotopic (exact) mass is 287 g/mol. The van der Waals surface area contributed by atoms with Crippen LogP contribution in [0.5, 0.6) is 5.75 Å². The molecule has 4 nitrogen and oxygen atoms in total. The van der Waals surface area contributed by atoms with Gasteiger partial charge in [-0.1, -0.05) is 11.6 Å². The van der Waals surface area contributed by atoms with E-state index in [1.807, 2.05) is 30.5 Å². The van der Waals surface area contributed by atoms with Gasteiger partial charge in [-0.15, -0.1) is 0 Å². The summed E-state index contributed by atoms with van der Waals surface area (Å²) in [5.74, 6) is 0.675. The number of pyridine rings is 1. The summed E-state index contributed by atoms with van der Waals surface area (Å²) >= 11 is 6.10. The van der Waals surface area contributed by atoms with Gasteiger partial charge < -0.3 is 15.0 Å². The van der Waals surface area contributed by atoms with Crippen LogP contribution < -0.4 is 10.1 Å². The standard InChI is InChI=1S/C15H14ClN3O/c1-20-14-5-4-11(7-13(14)16)18-8-10-9-19-15-12(10)3-2-6-17-15/h2-7,9,18H,8H2,1H3,(H,17,19). The summed E-state index contributed by atoms with van der Waals surface area (Å²) in [6, 6.07) is 9.63. The molecule has 0 bridgehead atoms. The van der Waals surface area contributed by atoms with Gasteiger partial charge in [0.25, 0.3) is 0 Å². The van der Waals surface area contributed by atoms with Crippen LogP contribution in [0.4, 0.5) is 5.69 Å². The Morgan fingerprint density at radius 2 is 2.25 bits per heavy atom. The molecule has 3 aromatic rings. The van der Waals surface area contributed by atoms with Gasteiger partial charge in [0.1, 0.15) is 11.4 Å². The quantitative estimate of drug-likeness (QED) is 0.766. The molecule has 0 aliphatic rings. The molecular formula is C15H14ClN3O. The maximum absolute atomic E-state index is 6.10. The topological polar surface area (TPSA) is 49.9 Å². The summed E-state index contributed by atoms with van der Waals surface area (Å²) in [5, 5.41) is 5.06. The van der Waals surface area contributed by atoms with Crippen LogP contribution in [0, 0.1) is 0 Å². The highest BCUT2D eigenvalue weighted by Gasteiger charge is 2.05. The van der Waals surface area contributed by atoms with Gasteiger partial charge in [-0.25, -0.2) is 4.98 Å². The van der Waals surface area contributed by atoms with Crippen molar-refractivity contribution in [3.8, 4) is 5.75 Å². The Morgan fingerprint density at radius 1 is 1.35 bits per heavy atom. The van der Waals surface area contributed by atoms with Gasteiger partial charge in [0.2, 0.25) is 0 Å². The summed E-state index contributed by atoms with van der Waals surface area (Å²) in [5.41, 5.74) is 3.02. The van der Waals surface area contributed by atoms with Crippen molar-refractivity contribution in [1.29, 1.82) is 0 Å². The normalized spacial score (nSPS) is 10.7. The van der Waals surface area contributed by atoms with Gasteiger partial charge >= 0.3 is 0 Å². The zero-order valence-corrected chi connectivity index (χ0v) is 11.7. The van der Waals surface area contributed by atoms with Crippen molar-refractivity contribution in [2.24, 2.45) is 0 Å². The first-order valence-corrected chi connectivity index (χ1v) is 6.64. The predicted molar refractivity (Wildman–Crippen MR) is 81.4 cm³/mol. The molecule has 0 radical (unpaired) electrons. The van der Waals surface area contributed by atoms with Crippen LogP contribution in [-0.4, -0.2) is 17.1 Å². The first-order valence-electron chi connectivity index (χ1n) is 6.26. The molecule has 0 aliphatic heterocycles. The SMILES string of the molecule is COc1ccc(NCc2c[nH]c3ncccc23)cc1Cl. The molecule has 0 saturated heterocycles. The average molecular weight is 288 g/mol. The molecule has 2 N–H and O–H groups in total. The van der Waals surface area contributed by atoms with E-state index in [4.69, 9.17) is 16.3 Å². The van der Waals surface area contributed by atoms with Gasteiger partial charge in [-0.05, 0) is 35.9 Å². The van der Waals surface area contributed by atoms with Crippen LogP contribution >= 0.6 is 11.6 Å². The Bertz CT molecular complexity index is 739. The highest BCUT2D eigenvalue weighted by atomic mass is 35.5. The zero-order valence-electron chi connectivity index (χ0n) is 11.0. The Balaban J connectivity index is 1.78. The van der Waals surface area contributed by atoms with Gasteiger partial charge in [0.05, 0.1) is 12.1 Å². The summed E-state index contributed by atoms with van der Waals surface area (Å²) < 4.78 is 5.14. The first kappa shape index (κ1) is 12.8. The van der Waals surface area contributed by atoms with E-state index in [-0.39, 0.29) is 0 Å². The smallest absolute Gasteiger partial charge is 0.137 e. The van der Waals surface area contributed by atoms with E-state index in [1.54, 1.807) is 13.3 Å². The fraction of sp³-hybridized carbons (Fsp3) is 0.133. The van der Waals surface area contributed by atoms with Crippen molar-refractivity contribution in [2.75, 3.05) is 12.4 Å². The summed E-state index contributed by atoms with van der Waals surface area (Å²) in [7, 11) is 1.60. The largest absolute Gasteiger partial charge is 0.495 e. The van der Waals surface area contributed by atoms with E-state index in [0.717, 1.165) is 16.7 Å². The van der Waals surface area contributed by atoms with Crippen LogP contribution in [0.15, 0.2) is 42.7 Å². The summed E-state index contributed by atoms with van der Waals surface area (Å²) in [6.45, 7) is 0.703. The average Bonchev–Trinajstić information content (AvgIpc) is 2.88. The van der Waals surface area contributed by atoms with Crippen molar-refractivity contribution in [3.05, 3.63) is 53.3 Å². The minimum atomic E-state index is 0.595. The van der Waals surface area contributed by atoms with E-state index in [0.29, 0.717) is 17.3 Å². The number of hydrogen-bond donors (Lipinski definition) is 2. The maximum atomic E-state index is 6.10. The fourth-order valence-corrected chi connectivity index (χ4v) is 2.39. The van der Waals surface area contributed by atoms with Crippen molar-refractivity contribution in [2.45, 2.75) is 6.54 Å². The number of rotatable bonds is 4. The molecule has 0 atom stereocenters. The molecule has 1 aromatic carbocycles. The molecule has 0 aliphatic carbocycles. The third-order valence-electron chi connectivity index (χ3n) is 3.17. The van der Waals surface area contributed by atoms with Gasteiger partial charge in [-0.2, -0.15) is 0 Å². The minimum absolute atomic E-state index is 0.595. The van der Waals surface area contributed by atoms with Crippen LogP contribution in [-0.2, 0) is 6.54 Å². The molecule has 0 amide bonds. The first-order chi connectivity index (χ1) is 9.78. The van der Waals surface area contributed by atoms with Crippen molar-refractivity contribution in [1.82, 2.24) is 9.97 Å². The number of aromatic amines is 1. The number of halogens is 1. The lowest BCUT2D eigenvalue weighted by Gasteiger charge is -2.08. The molecule has 20 heavy (non-hydrogen) atoms. The Morgan fingerprint density at radius 3 is 3.05 bits per heavy atom. The number of methoxy groups -OCH3 is 1. The Labute approximate surface area is 121 Å². The molecule has 5 heteroatoms. The molecule has 0 saturated carbocycles. The maximum Gasteiger partial charge on any atom is 0.137 e. The van der Waals surface area contributed by atoms with E-state index < -0.39 is 0 Å². The number of nitrogens with zero attached hydrogens (tertiary/aromatic N) is 1. The van der Waals surface area contributed by atoms with E-state index in [1.165, 1.54) is 5.56 Å². The lowest BCUT2D eigenvalue weighted by Crippen LogP contribution is -1.98. The molecule has 3 rings (SSSR count). The van der Waals surface area contributed by atoms with Crippen LogP contribution in [0.2, 0.25) is 5.02 Å². The van der Waals surface area contributed by atoms with Crippen molar-refractivity contribution < 1.29 is 4.74 Å². The number of H-pyrrole nitrogens is 1. The van der Waals surface area contributed by atoms with Gasteiger partial charge in [-0.3, -0.25) is 0 Å². The molecule has 2 heterocycles. The van der Waals surface area contributed by atoms with Crippen molar-refractivity contribution >= 4 is 28.3 Å². The van der Waals surface area contributed by atoms with E-state index in [2.05, 4.69) is 21.4 Å². The highest BCUT2D eigenvalue weighted by molar-refractivity contribution is 6.32. The number of benzene rings is 1. The molecule has 102 valence electrons. The third-order valence-corrected chi connectivity index (χ3v) is 3.47. The van der Waals surface area contributed by atoms with Crippen LogP contribution in [0.25, 0.3) is 11.0 Å². The Hall–Kier alpha value is -2.20. The molecule has 0 unspecified atom stereocenters. The number of aromatic nitrogens is 2. The number of hydrogen-bond acceptors (Lipinski definition) is 3. The molecule has 2 aromatic heterocycles. The third kappa shape index (κ3) is 2.42. The van der Waals surface area contributed by atoms with Crippen LogP contribution in [0.1, 0.15) is 5.56 Å². The predicted octanol–water partition coefficient (Wildman–Crippen LogP) is 3.84. The Kier molecular flexibility index (Phi) is 3.48. The number of nitrogens with one attached hydrogen (secondary N) is 2. The van der Waals surface area contributed by atoms with Gasteiger partial charge in [0, 0.05) is 30.0 Å². The molecule has 0 fully saturated rings. The second-order valence-electron chi connectivity index (χ2n) is 4.42. The van der Waals surface area contributed by atoms with Crippen molar-refractivity contribution in [3.63, 3.8) is 0 Å². The van der Waals surface area contributed by atoms with E-state index in [9.17, 15) is 0 Å². The summed E-state index contributed by atoms with van der Waals surface area (Å²) in [4.78, 5) is 7.43. The lowest BCUT2D eigenvalue weighted by molar-refractivity contribution is 0.415. The lowest BCUT2D eigenvalue weighted by atomic mass is 10.2. The highest BCUT2D eigenvalue weighted by Crippen LogP contribution is 2.27. The second-order valence-corrected chi connectivity index (χ2v) is 4.82. The van der Waals surface area contributed by atoms with Crippen LogP contribution in [0.3, 0.4) is 0 Å².